The Labute approximate surface area is 134 Å². The van der Waals surface area contributed by atoms with Crippen molar-refractivity contribution >= 4 is 23.2 Å². The van der Waals surface area contributed by atoms with Crippen LogP contribution in [0.15, 0.2) is 24.4 Å². The summed E-state index contributed by atoms with van der Waals surface area (Å²) in [5, 5.41) is 15.0. The lowest BCUT2D eigenvalue weighted by Crippen LogP contribution is -1.92. The fraction of sp³-hybridized carbons (Fsp3) is 0.0769. The zero-order valence-corrected chi connectivity index (χ0v) is 12.4. The first-order chi connectivity index (χ1) is 10.7. The molecule has 4 heterocycles. The molecule has 1 aliphatic rings. The van der Waals surface area contributed by atoms with Crippen LogP contribution in [0.5, 0.6) is 11.5 Å². The average Bonchev–Trinajstić information content (AvgIpc) is 3.17. The van der Waals surface area contributed by atoms with E-state index in [2.05, 4.69) is 25.4 Å². The van der Waals surface area contributed by atoms with Crippen LogP contribution in [0.4, 0.5) is 0 Å². The van der Waals surface area contributed by atoms with Gasteiger partial charge in [0.15, 0.2) is 21.8 Å². The van der Waals surface area contributed by atoms with Gasteiger partial charge in [-0.15, -0.1) is 10.2 Å². The van der Waals surface area contributed by atoms with E-state index in [1.54, 1.807) is 24.4 Å². The van der Waals surface area contributed by atoms with E-state index in [1.807, 2.05) is 0 Å². The van der Waals surface area contributed by atoms with Gasteiger partial charge < -0.3 is 9.47 Å². The van der Waals surface area contributed by atoms with Crippen molar-refractivity contribution < 1.29 is 9.47 Å². The summed E-state index contributed by atoms with van der Waals surface area (Å²) in [6.45, 7) is 0.200. The number of ether oxygens (including phenoxy) is 2. The summed E-state index contributed by atoms with van der Waals surface area (Å²) in [5.74, 6) is 1.27. The third-order valence-electron chi connectivity index (χ3n) is 3.11. The molecule has 0 atom stereocenters. The molecule has 0 unspecified atom stereocenters. The standard InChI is InChI=1S/C13H7Cl2N5O2/c14-12-1-6(13(15)20-19-12)7-2-9(18-17-7)8-3-10-11(4-16-8)22-5-21-10/h1-4H,5H2,(H,17,18). The maximum absolute atomic E-state index is 6.02. The van der Waals surface area contributed by atoms with Crippen molar-refractivity contribution in [2.24, 2.45) is 0 Å². The van der Waals surface area contributed by atoms with Crippen LogP contribution in [0, 0.1) is 0 Å². The van der Waals surface area contributed by atoms with E-state index in [4.69, 9.17) is 32.7 Å². The highest BCUT2D eigenvalue weighted by atomic mass is 35.5. The molecule has 1 N–H and O–H groups in total. The predicted molar refractivity (Wildman–Crippen MR) is 79.0 cm³/mol. The van der Waals surface area contributed by atoms with Gasteiger partial charge in [-0.3, -0.25) is 10.1 Å². The normalized spacial score (nSPS) is 12.6. The summed E-state index contributed by atoms with van der Waals surface area (Å²) in [6, 6.07) is 5.17. The van der Waals surface area contributed by atoms with Crippen molar-refractivity contribution in [3.63, 3.8) is 0 Å². The Hall–Kier alpha value is -2.38. The minimum absolute atomic E-state index is 0.200. The van der Waals surface area contributed by atoms with Crippen molar-refractivity contribution in [3.05, 3.63) is 34.7 Å². The van der Waals surface area contributed by atoms with Gasteiger partial charge in [-0.05, 0) is 12.1 Å². The number of H-pyrrole nitrogens is 1. The highest BCUT2D eigenvalue weighted by Crippen LogP contribution is 2.35. The van der Waals surface area contributed by atoms with E-state index in [-0.39, 0.29) is 17.1 Å². The Morgan fingerprint density at radius 2 is 1.86 bits per heavy atom. The lowest BCUT2D eigenvalue weighted by molar-refractivity contribution is 0.174. The molecule has 7 nitrogen and oxygen atoms in total. The number of aromatic amines is 1. The largest absolute Gasteiger partial charge is 0.453 e. The molecule has 0 saturated heterocycles. The Bertz CT molecular complexity index is 867. The van der Waals surface area contributed by atoms with Gasteiger partial charge in [-0.25, -0.2) is 0 Å². The monoisotopic (exact) mass is 335 g/mol. The maximum Gasteiger partial charge on any atom is 0.231 e. The van der Waals surface area contributed by atoms with Gasteiger partial charge in [0, 0.05) is 11.6 Å². The van der Waals surface area contributed by atoms with Gasteiger partial charge in [0.05, 0.1) is 23.3 Å². The third-order valence-corrected chi connectivity index (χ3v) is 3.57. The van der Waals surface area contributed by atoms with Crippen molar-refractivity contribution in [1.29, 1.82) is 0 Å². The molecule has 1 aliphatic heterocycles. The molecule has 0 saturated carbocycles. The molecule has 0 bridgehead atoms. The number of fused-ring (bicyclic) bond motifs is 1. The quantitative estimate of drug-likeness (QED) is 0.774. The molecule has 3 aromatic heterocycles. The van der Waals surface area contributed by atoms with E-state index in [1.165, 1.54) is 0 Å². The molecule has 0 aromatic carbocycles. The van der Waals surface area contributed by atoms with Gasteiger partial charge in [0.2, 0.25) is 6.79 Å². The zero-order valence-electron chi connectivity index (χ0n) is 10.9. The predicted octanol–water partition coefficient (Wildman–Crippen LogP) is 2.96. The van der Waals surface area contributed by atoms with Gasteiger partial charge in [-0.2, -0.15) is 5.10 Å². The Kier molecular flexibility index (Phi) is 3.09. The molecule has 0 fully saturated rings. The van der Waals surface area contributed by atoms with Crippen molar-refractivity contribution in [3.8, 4) is 34.1 Å². The molecule has 0 radical (unpaired) electrons. The van der Waals surface area contributed by atoms with Gasteiger partial charge in [0.1, 0.15) is 0 Å². The summed E-state index contributed by atoms with van der Waals surface area (Å²) in [5.41, 5.74) is 2.56. The molecule has 0 spiro atoms. The molecule has 3 aromatic rings. The van der Waals surface area contributed by atoms with Crippen LogP contribution in [0.3, 0.4) is 0 Å². The van der Waals surface area contributed by atoms with Crippen LogP contribution < -0.4 is 9.47 Å². The summed E-state index contributed by atoms with van der Waals surface area (Å²) in [7, 11) is 0. The lowest BCUT2D eigenvalue weighted by atomic mass is 10.2. The van der Waals surface area contributed by atoms with Gasteiger partial charge in [0.25, 0.3) is 0 Å². The van der Waals surface area contributed by atoms with E-state index >= 15 is 0 Å². The topological polar surface area (TPSA) is 85.8 Å². The third kappa shape index (κ3) is 2.24. The van der Waals surface area contributed by atoms with Crippen LogP contribution in [0.2, 0.25) is 10.3 Å². The molecular formula is C13H7Cl2N5O2. The summed E-state index contributed by atoms with van der Waals surface area (Å²) >= 11 is 11.9. The minimum Gasteiger partial charge on any atom is -0.453 e. The van der Waals surface area contributed by atoms with Gasteiger partial charge in [-0.1, -0.05) is 23.2 Å². The summed E-state index contributed by atoms with van der Waals surface area (Å²) in [6.07, 6.45) is 1.61. The molecule has 9 heteroatoms. The van der Waals surface area contributed by atoms with E-state index in [0.29, 0.717) is 34.1 Å². The second-order valence-electron chi connectivity index (χ2n) is 4.46. The number of aromatic nitrogens is 5. The molecule has 0 amide bonds. The number of pyridine rings is 1. The van der Waals surface area contributed by atoms with Crippen molar-refractivity contribution in [1.82, 2.24) is 25.4 Å². The number of hydrogen-bond donors (Lipinski definition) is 1. The van der Waals surface area contributed by atoms with Crippen LogP contribution in [-0.4, -0.2) is 32.2 Å². The first-order valence-corrected chi connectivity index (χ1v) is 6.97. The van der Waals surface area contributed by atoms with E-state index in [0.717, 1.165) is 0 Å². The number of halogens is 2. The fourth-order valence-corrected chi connectivity index (χ4v) is 2.41. The summed E-state index contributed by atoms with van der Waals surface area (Å²) < 4.78 is 10.6. The number of nitrogens with one attached hydrogen (secondary N) is 1. The molecule has 4 rings (SSSR count). The zero-order chi connectivity index (χ0) is 15.1. The number of nitrogens with zero attached hydrogens (tertiary/aromatic N) is 4. The average molecular weight is 336 g/mol. The number of rotatable bonds is 2. The smallest absolute Gasteiger partial charge is 0.231 e. The molecule has 22 heavy (non-hydrogen) atoms. The van der Waals surface area contributed by atoms with Gasteiger partial charge >= 0.3 is 0 Å². The fourth-order valence-electron chi connectivity index (χ4n) is 2.07. The number of hydrogen-bond acceptors (Lipinski definition) is 6. The second kappa shape index (κ2) is 5.11. The molecule has 110 valence electrons. The maximum atomic E-state index is 6.02. The highest BCUT2D eigenvalue weighted by Gasteiger charge is 2.17. The SMILES string of the molecule is Clc1cc(-c2cc(-c3cc4c(cn3)OCO4)[nH]n2)c(Cl)nn1. The van der Waals surface area contributed by atoms with E-state index in [9.17, 15) is 0 Å². The second-order valence-corrected chi connectivity index (χ2v) is 5.21. The first kappa shape index (κ1) is 13.3. The summed E-state index contributed by atoms with van der Waals surface area (Å²) in [4.78, 5) is 4.30. The van der Waals surface area contributed by atoms with Crippen LogP contribution >= 0.6 is 23.2 Å². The van der Waals surface area contributed by atoms with Crippen molar-refractivity contribution in [2.75, 3.05) is 6.79 Å². The van der Waals surface area contributed by atoms with E-state index < -0.39 is 0 Å². The Morgan fingerprint density at radius 1 is 1.00 bits per heavy atom. The minimum atomic E-state index is 0.200. The van der Waals surface area contributed by atoms with Crippen molar-refractivity contribution in [2.45, 2.75) is 0 Å². The lowest BCUT2D eigenvalue weighted by Gasteiger charge is -1.99. The molecule has 0 aliphatic carbocycles. The van der Waals surface area contributed by atoms with Crippen LogP contribution in [-0.2, 0) is 0 Å². The van der Waals surface area contributed by atoms with Crippen LogP contribution in [0.1, 0.15) is 0 Å². The molecular weight excluding hydrogens is 329 g/mol. The first-order valence-electron chi connectivity index (χ1n) is 6.21. The highest BCUT2D eigenvalue weighted by molar-refractivity contribution is 6.33. The van der Waals surface area contributed by atoms with Crippen LogP contribution in [0.25, 0.3) is 22.6 Å². The Balaban J connectivity index is 1.74. The Morgan fingerprint density at radius 3 is 2.77 bits per heavy atom.